The second kappa shape index (κ2) is 7.26. The molecule has 0 spiro atoms. The number of aromatic nitrogens is 1. The maximum absolute atomic E-state index is 11.8. The lowest BCUT2D eigenvalue weighted by Gasteiger charge is -2.22. The van der Waals surface area contributed by atoms with Crippen LogP contribution in [0, 0.1) is 13.8 Å². The van der Waals surface area contributed by atoms with Crippen molar-refractivity contribution < 1.29 is 9.53 Å². The highest BCUT2D eigenvalue weighted by Gasteiger charge is 2.14. The number of hydrogen-bond donors (Lipinski definition) is 3. The fourth-order valence-electron chi connectivity index (χ4n) is 2.51. The van der Waals surface area contributed by atoms with Crippen molar-refractivity contribution in [2.24, 2.45) is 0 Å². The van der Waals surface area contributed by atoms with E-state index < -0.39 is 0 Å². The molecule has 2 amide bonds. The number of rotatable bonds is 4. The number of aryl methyl sites for hydroxylation is 2. The van der Waals surface area contributed by atoms with Gasteiger partial charge in [0.15, 0.2) is 0 Å². The summed E-state index contributed by atoms with van der Waals surface area (Å²) in [6.07, 6.45) is 3.33. The van der Waals surface area contributed by atoms with Crippen LogP contribution in [-0.4, -0.2) is 30.3 Å². The van der Waals surface area contributed by atoms with Gasteiger partial charge in [-0.2, -0.15) is 0 Å². The van der Waals surface area contributed by atoms with Gasteiger partial charge in [0.2, 0.25) is 0 Å². The van der Waals surface area contributed by atoms with Crippen molar-refractivity contribution in [3.63, 3.8) is 0 Å². The van der Waals surface area contributed by atoms with Crippen LogP contribution in [0.2, 0.25) is 0 Å². The van der Waals surface area contributed by atoms with Gasteiger partial charge in [-0.05, 0) is 44.7 Å². The minimum atomic E-state index is -0.274. The van der Waals surface area contributed by atoms with Gasteiger partial charge < -0.3 is 20.4 Å². The summed E-state index contributed by atoms with van der Waals surface area (Å²) >= 11 is 0. The predicted octanol–water partition coefficient (Wildman–Crippen LogP) is 1.36. The minimum absolute atomic E-state index is 0.106. The molecule has 21 heavy (non-hydrogen) atoms. The molecule has 1 aromatic heterocycles. The van der Waals surface area contributed by atoms with Crippen LogP contribution in [-0.2, 0) is 11.3 Å². The van der Waals surface area contributed by atoms with Gasteiger partial charge in [0.05, 0.1) is 12.6 Å². The number of nitrogens with one attached hydrogen (secondary N) is 3. The van der Waals surface area contributed by atoms with Gasteiger partial charge in [0.25, 0.3) is 5.56 Å². The molecule has 0 aromatic carbocycles. The van der Waals surface area contributed by atoms with Crippen molar-refractivity contribution in [1.29, 1.82) is 0 Å². The van der Waals surface area contributed by atoms with E-state index in [0.29, 0.717) is 12.1 Å². The van der Waals surface area contributed by atoms with Crippen LogP contribution in [0.3, 0.4) is 0 Å². The van der Waals surface area contributed by atoms with Gasteiger partial charge in [-0.25, -0.2) is 4.79 Å². The average Bonchev–Trinajstić information content (AvgIpc) is 2.45. The van der Waals surface area contributed by atoms with Crippen molar-refractivity contribution in [2.45, 2.75) is 45.8 Å². The fraction of sp³-hybridized carbons (Fsp3) is 0.600. The molecule has 2 heterocycles. The van der Waals surface area contributed by atoms with Crippen LogP contribution in [0.1, 0.15) is 36.1 Å². The van der Waals surface area contributed by atoms with Gasteiger partial charge in [0, 0.05) is 24.4 Å². The lowest BCUT2D eigenvalue weighted by molar-refractivity contribution is 0.0184. The minimum Gasteiger partial charge on any atom is -0.376 e. The quantitative estimate of drug-likeness (QED) is 0.784. The molecule has 1 fully saturated rings. The molecule has 116 valence electrons. The van der Waals surface area contributed by atoms with Gasteiger partial charge in [0.1, 0.15) is 0 Å². The molecular formula is C15H23N3O3. The highest BCUT2D eigenvalue weighted by molar-refractivity contribution is 5.73. The third-order valence-electron chi connectivity index (χ3n) is 3.68. The lowest BCUT2D eigenvalue weighted by atomic mass is 10.1. The highest BCUT2D eigenvalue weighted by atomic mass is 16.5. The summed E-state index contributed by atoms with van der Waals surface area (Å²) in [5, 5.41) is 5.50. The third-order valence-corrected chi connectivity index (χ3v) is 3.68. The first-order valence-corrected chi connectivity index (χ1v) is 7.39. The summed E-state index contributed by atoms with van der Waals surface area (Å²) in [5.74, 6) is 0. The summed E-state index contributed by atoms with van der Waals surface area (Å²) < 4.78 is 5.55. The molecule has 6 heteroatoms. The summed E-state index contributed by atoms with van der Waals surface area (Å²) in [4.78, 5) is 26.3. The van der Waals surface area contributed by atoms with Crippen molar-refractivity contribution in [3.8, 4) is 0 Å². The normalized spacial score (nSPS) is 18.3. The Labute approximate surface area is 124 Å². The van der Waals surface area contributed by atoms with Crippen molar-refractivity contribution >= 4 is 6.03 Å². The third kappa shape index (κ3) is 4.60. The molecule has 1 saturated heterocycles. The summed E-state index contributed by atoms with van der Waals surface area (Å²) in [6, 6.07) is 1.62. The smallest absolute Gasteiger partial charge is 0.315 e. The summed E-state index contributed by atoms with van der Waals surface area (Å²) in [7, 11) is 0. The van der Waals surface area contributed by atoms with Gasteiger partial charge in [-0.3, -0.25) is 4.79 Å². The number of hydrogen-bond acceptors (Lipinski definition) is 3. The first-order valence-electron chi connectivity index (χ1n) is 7.39. The van der Waals surface area contributed by atoms with E-state index in [1.165, 1.54) is 0 Å². The van der Waals surface area contributed by atoms with Crippen molar-refractivity contribution in [3.05, 3.63) is 33.2 Å². The molecule has 6 nitrogen and oxygen atoms in total. The Balaban J connectivity index is 1.80. The topological polar surface area (TPSA) is 83.2 Å². The zero-order valence-electron chi connectivity index (χ0n) is 12.6. The molecule has 1 aromatic rings. The van der Waals surface area contributed by atoms with E-state index >= 15 is 0 Å². The molecule has 2 rings (SSSR count). The summed E-state index contributed by atoms with van der Waals surface area (Å²) in [5.41, 5.74) is 2.14. The fourth-order valence-corrected chi connectivity index (χ4v) is 2.51. The Hall–Kier alpha value is -1.82. The van der Waals surface area contributed by atoms with E-state index in [-0.39, 0.29) is 24.2 Å². The number of ether oxygens (including phenoxy) is 1. The molecule has 3 N–H and O–H groups in total. The average molecular weight is 293 g/mol. The molecule has 0 saturated carbocycles. The molecule has 0 aliphatic carbocycles. The number of aromatic amines is 1. The number of H-pyrrole nitrogens is 1. The first kappa shape index (κ1) is 15.6. The maximum atomic E-state index is 11.8. The number of urea groups is 1. The second-order valence-corrected chi connectivity index (χ2v) is 5.50. The molecule has 0 radical (unpaired) electrons. The number of amides is 2. The van der Waals surface area contributed by atoms with Crippen molar-refractivity contribution in [1.82, 2.24) is 15.6 Å². The van der Waals surface area contributed by atoms with Crippen LogP contribution >= 0.6 is 0 Å². The van der Waals surface area contributed by atoms with Crippen LogP contribution in [0.15, 0.2) is 10.9 Å². The number of pyridine rings is 1. The molecule has 1 aliphatic rings. The molecule has 1 aliphatic heterocycles. The highest BCUT2D eigenvalue weighted by Crippen LogP contribution is 2.11. The van der Waals surface area contributed by atoms with Crippen LogP contribution in [0.4, 0.5) is 4.79 Å². The molecule has 0 unspecified atom stereocenters. The number of carbonyl (C=O) groups is 1. The SMILES string of the molecule is Cc1cc(C)c(CNC(=O)NC[C@H]2CCCCO2)c(=O)[nH]1. The van der Waals surface area contributed by atoms with E-state index in [1.54, 1.807) is 0 Å². The van der Waals surface area contributed by atoms with Crippen LogP contribution in [0.5, 0.6) is 0 Å². The summed E-state index contributed by atoms with van der Waals surface area (Å²) in [6.45, 7) is 5.20. The second-order valence-electron chi connectivity index (χ2n) is 5.50. The van der Waals surface area contributed by atoms with E-state index in [9.17, 15) is 9.59 Å². The van der Waals surface area contributed by atoms with E-state index in [2.05, 4.69) is 15.6 Å². The Morgan fingerprint density at radius 3 is 2.86 bits per heavy atom. The Bertz CT molecular complexity index is 548. The van der Waals surface area contributed by atoms with Gasteiger partial charge >= 0.3 is 6.03 Å². The zero-order valence-corrected chi connectivity index (χ0v) is 12.6. The Morgan fingerprint density at radius 1 is 1.38 bits per heavy atom. The monoisotopic (exact) mass is 293 g/mol. The molecular weight excluding hydrogens is 270 g/mol. The van der Waals surface area contributed by atoms with E-state index in [4.69, 9.17) is 4.74 Å². The zero-order chi connectivity index (χ0) is 15.2. The Kier molecular flexibility index (Phi) is 5.38. The number of carbonyl (C=O) groups excluding carboxylic acids is 1. The maximum Gasteiger partial charge on any atom is 0.315 e. The van der Waals surface area contributed by atoms with Crippen LogP contribution < -0.4 is 16.2 Å². The Morgan fingerprint density at radius 2 is 2.19 bits per heavy atom. The van der Waals surface area contributed by atoms with Gasteiger partial charge in [-0.1, -0.05) is 0 Å². The van der Waals surface area contributed by atoms with Crippen LogP contribution in [0.25, 0.3) is 0 Å². The largest absolute Gasteiger partial charge is 0.376 e. The predicted molar refractivity (Wildman–Crippen MR) is 80.4 cm³/mol. The lowest BCUT2D eigenvalue weighted by Crippen LogP contribution is -2.41. The van der Waals surface area contributed by atoms with Gasteiger partial charge in [-0.15, -0.1) is 0 Å². The first-order chi connectivity index (χ1) is 10.1. The molecule has 0 bridgehead atoms. The van der Waals surface area contributed by atoms with Crippen molar-refractivity contribution in [2.75, 3.05) is 13.2 Å². The van der Waals surface area contributed by atoms with E-state index in [1.807, 2.05) is 19.9 Å². The van der Waals surface area contributed by atoms with E-state index in [0.717, 1.165) is 37.1 Å². The standard InChI is InChI=1S/C15H23N3O3/c1-10-7-11(2)18-14(19)13(10)9-17-15(20)16-8-12-5-3-4-6-21-12/h7,12H,3-6,8-9H2,1-2H3,(H,18,19)(H2,16,17,20)/t12-/m1/s1. The molecule has 1 atom stereocenters.